The number of amides is 1. The van der Waals surface area contributed by atoms with Crippen molar-refractivity contribution < 1.29 is 19.4 Å². The Morgan fingerprint density at radius 1 is 1.27 bits per heavy atom. The van der Waals surface area contributed by atoms with Gasteiger partial charge in [-0.2, -0.15) is 0 Å². The summed E-state index contributed by atoms with van der Waals surface area (Å²) in [6, 6.07) is 0. The van der Waals surface area contributed by atoms with Gasteiger partial charge in [0, 0.05) is 13.1 Å². The maximum Gasteiger partial charge on any atom is 0.290 e. The summed E-state index contributed by atoms with van der Waals surface area (Å²) in [6.07, 6.45) is 0.864. The van der Waals surface area contributed by atoms with E-state index in [4.69, 9.17) is 14.6 Å². The molecule has 0 spiro atoms. The number of morpholine rings is 1. The van der Waals surface area contributed by atoms with Gasteiger partial charge in [0.15, 0.2) is 0 Å². The topological polar surface area (TPSA) is 66.8 Å². The summed E-state index contributed by atoms with van der Waals surface area (Å²) in [7, 11) is 0. The Morgan fingerprint density at radius 2 is 1.73 bits per heavy atom. The van der Waals surface area contributed by atoms with Crippen molar-refractivity contribution >= 4 is 12.9 Å². The first-order chi connectivity index (χ1) is 5.35. The maximum absolute atomic E-state index is 10.0. The second kappa shape index (κ2) is 7.01. The lowest BCUT2D eigenvalue weighted by Gasteiger charge is -2.21. The Bertz CT molecular complexity index is 111. The Kier molecular flexibility index (Phi) is 6.31. The fourth-order valence-electron chi connectivity index (χ4n) is 0.683. The van der Waals surface area contributed by atoms with E-state index < -0.39 is 0 Å². The lowest BCUT2D eigenvalue weighted by atomic mass is 10.5. The molecule has 1 amide bonds. The van der Waals surface area contributed by atoms with Gasteiger partial charge in [0.05, 0.1) is 13.2 Å². The quantitative estimate of drug-likeness (QED) is 0.510. The molecule has 0 unspecified atom stereocenters. The van der Waals surface area contributed by atoms with E-state index in [-0.39, 0.29) is 6.47 Å². The molecule has 1 fully saturated rings. The number of nitrogens with zero attached hydrogens (tertiary/aromatic N) is 1. The predicted octanol–water partition coefficient (Wildman–Crippen LogP) is -0.824. The summed E-state index contributed by atoms with van der Waals surface area (Å²) in [6.45, 7) is 2.64. The second-order valence-electron chi connectivity index (χ2n) is 1.86. The predicted molar refractivity (Wildman–Crippen MR) is 37.1 cm³/mol. The van der Waals surface area contributed by atoms with E-state index in [0.29, 0.717) is 13.2 Å². The van der Waals surface area contributed by atoms with Crippen LogP contribution in [0.25, 0.3) is 0 Å². The number of hydrogen-bond acceptors (Lipinski definition) is 3. The molecule has 11 heavy (non-hydrogen) atoms. The van der Waals surface area contributed by atoms with Crippen LogP contribution in [-0.2, 0) is 14.3 Å². The van der Waals surface area contributed by atoms with Gasteiger partial charge in [0.1, 0.15) is 0 Å². The maximum atomic E-state index is 10.0. The molecule has 1 N–H and O–H groups in total. The van der Waals surface area contributed by atoms with Gasteiger partial charge in [-0.25, -0.2) is 0 Å². The van der Waals surface area contributed by atoms with Crippen LogP contribution < -0.4 is 0 Å². The molecular formula is C6H11NO4. The zero-order valence-electron chi connectivity index (χ0n) is 6.10. The lowest BCUT2D eigenvalue weighted by Crippen LogP contribution is -2.34. The number of rotatable bonds is 1. The van der Waals surface area contributed by atoms with Crippen LogP contribution in [0.4, 0.5) is 0 Å². The normalized spacial score (nSPS) is 16.2. The van der Waals surface area contributed by atoms with Crippen molar-refractivity contribution in [3.05, 3.63) is 0 Å². The van der Waals surface area contributed by atoms with Crippen molar-refractivity contribution in [3.8, 4) is 0 Å². The SMILES string of the molecule is O=CN1CCOCC1.O=CO. The largest absolute Gasteiger partial charge is 0.483 e. The molecular weight excluding hydrogens is 150 g/mol. The van der Waals surface area contributed by atoms with Crippen LogP contribution in [0.3, 0.4) is 0 Å². The van der Waals surface area contributed by atoms with Crippen molar-refractivity contribution in [1.29, 1.82) is 0 Å². The molecule has 0 bridgehead atoms. The molecule has 1 rings (SSSR count). The zero-order chi connectivity index (χ0) is 8.53. The fraction of sp³-hybridized carbons (Fsp3) is 0.667. The van der Waals surface area contributed by atoms with Crippen LogP contribution in [0.5, 0.6) is 0 Å². The van der Waals surface area contributed by atoms with E-state index in [2.05, 4.69) is 0 Å². The highest BCUT2D eigenvalue weighted by molar-refractivity contribution is 5.46. The van der Waals surface area contributed by atoms with Crippen molar-refractivity contribution in [2.75, 3.05) is 26.3 Å². The van der Waals surface area contributed by atoms with E-state index in [1.807, 2.05) is 0 Å². The minimum atomic E-state index is -0.250. The highest BCUT2D eigenvalue weighted by atomic mass is 16.5. The third kappa shape index (κ3) is 5.35. The van der Waals surface area contributed by atoms with Crippen LogP contribution in [0, 0.1) is 0 Å². The van der Waals surface area contributed by atoms with E-state index in [9.17, 15) is 4.79 Å². The second-order valence-corrected chi connectivity index (χ2v) is 1.86. The van der Waals surface area contributed by atoms with Crippen molar-refractivity contribution in [3.63, 3.8) is 0 Å². The van der Waals surface area contributed by atoms with Gasteiger partial charge in [0.2, 0.25) is 6.41 Å². The summed E-state index contributed by atoms with van der Waals surface area (Å²) in [5.41, 5.74) is 0. The highest BCUT2D eigenvalue weighted by Crippen LogP contribution is 1.90. The number of hydrogen-bond donors (Lipinski definition) is 1. The van der Waals surface area contributed by atoms with Gasteiger partial charge in [0.25, 0.3) is 6.47 Å². The first-order valence-electron chi connectivity index (χ1n) is 3.20. The lowest BCUT2D eigenvalue weighted by molar-refractivity contribution is -0.123. The Hall–Kier alpha value is -1.10. The smallest absolute Gasteiger partial charge is 0.290 e. The average molecular weight is 161 g/mol. The zero-order valence-corrected chi connectivity index (χ0v) is 6.10. The first kappa shape index (κ1) is 9.90. The summed E-state index contributed by atoms with van der Waals surface area (Å²) in [5.74, 6) is 0. The van der Waals surface area contributed by atoms with Gasteiger partial charge >= 0.3 is 0 Å². The third-order valence-electron chi connectivity index (χ3n) is 1.19. The molecule has 5 nitrogen and oxygen atoms in total. The van der Waals surface area contributed by atoms with Crippen LogP contribution in [0.2, 0.25) is 0 Å². The molecule has 1 aliphatic heterocycles. The Balaban J connectivity index is 0.000000292. The molecule has 1 heterocycles. The Labute approximate surface area is 64.6 Å². The van der Waals surface area contributed by atoms with Crippen LogP contribution in [0.1, 0.15) is 0 Å². The number of carbonyl (C=O) groups excluding carboxylic acids is 1. The van der Waals surface area contributed by atoms with Gasteiger partial charge < -0.3 is 14.7 Å². The summed E-state index contributed by atoms with van der Waals surface area (Å²) in [5, 5.41) is 6.89. The first-order valence-corrected chi connectivity index (χ1v) is 3.20. The van der Waals surface area contributed by atoms with Crippen molar-refractivity contribution in [2.24, 2.45) is 0 Å². The number of carbonyl (C=O) groups is 2. The summed E-state index contributed by atoms with van der Waals surface area (Å²) < 4.78 is 5.00. The van der Waals surface area contributed by atoms with Crippen LogP contribution in [0.15, 0.2) is 0 Å². The molecule has 5 heteroatoms. The minimum absolute atomic E-state index is 0.250. The summed E-state index contributed by atoms with van der Waals surface area (Å²) in [4.78, 5) is 20.1. The van der Waals surface area contributed by atoms with E-state index in [1.54, 1.807) is 4.90 Å². The molecule has 0 aromatic carbocycles. The van der Waals surface area contributed by atoms with E-state index in [1.165, 1.54) is 0 Å². The molecule has 1 aliphatic rings. The molecule has 0 aliphatic carbocycles. The highest BCUT2D eigenvalue weighted by Gasteiger charge is 2.05. The van der Waals surface area contributed by atoms with E-state index >= 15 is 0 Å². The molecule has 0 aromatic rings. The summed E-state index contributed by atoms with van der Waals surface area (Å²) >= 11 is 0. The Morgan fingerprint density at radius 3 is 2.00 bits per heavy atom. The third-order valence-corrected chi connectivity index (χ3v) is 1.19. The minimum Gasteiger partial charge on any atom is -0.483 e. The fourth-order valence-corrected chi connectivity index (χ4v) is 0.683. The van der Waals surface area contributed by atoms with Gasteiger partial charge in [-0.3, -0.25) is 9.59 Å². The van der Waals surface area contributed by atoms with Crippen molar-refractivity contribution in [1.82, 2.24) is 4.90 Å². The molecule has 0 radical (unpaired) electrons. The number of ether oxygens (including phenoxy) is 1. The average Bonchev–Trinajstić information content (AvgIpc) is 2.08. The molecule has 1 saturated heterocycles. The van der Waals surface area contributed by atoms with Gasteiger partial charge in [-0.05, 0) is 0 Å². The molecule has 0 atom stereocenters. The number of carboxylic acid groups (broad SMARTS) is 1. The van der Waals surface area contributed by atoms with Crippen molar-refractivity contribution in [2.45, 2.75) is 0 Å². The van der Waals surface area contributed by atoms with E-state index in [0.717, 1.165) is 19.5 Å². The molecule has 0 saturated carbocycles. The van der Waals surface area contributed by atoms with Gasteiger partial charge in [-0.1, -0.05) is 0 Å². The van der Waals surface area contributed by atoms with Crippen LogP contribution in [-0.4, -0.2) is 49.2 Å². The monoisotopic (exact) mass is 161 g/mol. The molecule has 64 valence electrons. The standard InChI is InChI=1S/C5H9NO2.CH2O2/c7-5-6-1-3-8-4-2-6;2-1-3/h5H,1-4H2;1H,(H,2,3). The van der Waals surface area contributed by atoms with Crippen LogP contribution >= 0.6 is 0 Å². The molecule has 0 aromatic heterocycles. The van der Waals surface area contributed by atoms with Gasteiger partial charge in [-0.15, -0.1) is 0 Å².